The smallest absolute Gasteiger partial charge is 0.248 e. The molecule has 29 heavy (non-hydrogen) atoms. The third kappa shape index (κ3) is 5.47. The first-order valence-electron chi connectivity index (χ1n) is 9.44. The highest BCUT2D eigenvalue weighted by Gasteiger charge is 2.17. The van der Waals surface area contributed by atoms with Gasteiger partial charge in [0.25, 0.3) is 0 Å². The lowest BCUT2D eigenvalue weighted by Gasteiger charge is -2.21. The van der Waals surface area contributed by atoms with Crippen LogP contribution in [-0.2, 0) is 11.3 Å². The molecule has 150 valence electrons. The summed E-state index contributed by atoms with van der Waals surface area (Å²) in [6, 6.07) is 16.4. The second kappa shape index (κ2) is 9.09. The van der Waals surface area contributed by atoms with E-state index in [2.05, 4.69) is 34.6 Å². The molecule has 0 bridgehead atoms. The van der Waals surface area contributed by atoms with Gasteiger partial charge in [0.15, 0.2) is 0 Å². The molecule has 0 unspecified atom stereocenters. The van der Waals surface area contributed by atoms with Gasteiger partial charge in [-0.1, -0.05) is 56.3 Å². The van der Waals surface area contributed by atoms with Crippen LogP contribution in [0.2, 0.25) is 0 Å². The number of carbonyl (C=O) groups excluding carboxylic acids is 2. The van der Waals surface area contributed by atoms with Crippen molar-refractivity contribution in [1.29, 1.82) is 0 Å². The van der Waals surface area contributed by atoms with E-state index in [9.17, 15) is 9.59 Å². The Kier molecular flexibility index (Phi) is 6.33. The van der Waals surface area contributed by atoms with Crippen molar-refractivity contribution in [3.63, 3.8) is 0 Å². The quantitative estimate of drug-likeness (QED) is 0.610. The van der Waals surface area contributed by atoms with Crippen LogP contribution < -0.4 is 11.1 Å². The van der Waals surface area contributed by atoms with Gasteiger partial charge in [0, 0.05) is 11.1 Å². The number of hydrogen-bond acceptors (Lipinski definition) is 5. The average Bonchev–Trinajstić information content (AvgIpc) is 3.16. The maximum atomic E-state index is 12.6. The molecule has 0 radical (unpaired) electrons. The molecule has 2 aromatic carbocycles. The lowest BCUT2D eigenvalue weighted by atomic mass is 9.97. The van der Waals surface area contributed by atoms with Gasteiger partial charge in [-0.15, -0.1) is 10.2 Å². The number of tetrazole rings is 1. The molecule has 0 saturated carbocycles. The summed E-state index contributed by atoms with van der Waals surface area (Å²) in [6.07, 6.45) is 0.831. The van der Waals surface area contributed by atoms with E-state index in [1.54, 1.807) is 24.3 Å². The maximum absolute atomic E-state index is 12.6. The average molecular weight is 392 g/mol. The molecule has 0 spiro atoms. The molecule has 0 saturated heterocycles. The standard InChI is InChI=1S/C21H24N6O2/c1-14(2)12-18(15-6-4-3-5-7-15)23-19(28)13-27-25-21(24-26-27)17-10-8-16(9-11-17)20(22)29/h3-11,14,18H,12-13H2,1-2H3,(H2,22,29)(H,23,28)/t18-/m0/s1. The normalized spacial score (nSPS) is 12.0. The van der Waals surface area contributed by atoms with Crippen LogP contribution in [-0.4, -0.2) is 32.0 Å². The number of aromatic nitrogens is 4. The summed E-state index contributed by atoms with van der Waals surface area (Å²) in [4.78, 5) is 25.0. The largest absolute Gasteiger partial charge is 0.366 e. The highest BCUT2D eigenvalue weighted by molar-refractivity contribution is 5.93. The van der Waals surface area contributed by atoms with Crippen LogP contribution in [0.5, 0.6) is 0 Å². The Morgan fingerprint density at radius 2 is 1.76 bits per heavy atom. The molecule has 8 heteroatoms. The van der Waals surface area contributed by atoms with Gasteiger partial charge in [-0.3, -0.25) is 9.59 Å². The molecule has 0 aliphatic rings. The topological polar surface area (TPSA) is 116 Å². The minimum Gasteiger partial charge on any atom is -0.366 e. The van der Waals surface area contributed by atoms with Crippen LogP contribution in [0.25, 0.3) is 11.4 Å². The molecule has 1 atom stereocenters. The van der Waals surface area contributed by atoms with Gasteiger partial charge in [-0.05, 0) is 35.2 Å². The van der Waals surface area contributed by atoms with E-state index in [0.29, 0.717) is 22.9 Å². The van der Waals surface area contributed by atoms with Crippen molar-refractivity contribution in [3.8, 4) is 11.4 Å². The van der Waals surface area contributed by atoms with Crippen molar-refractivity contribution in [2.75, 3.05) is 0 Å². The summed E-state index contributed by atoms with van der Waals surface area (Å²) in [5.74, 6) is 0.113. The molecule has 8 nitrogen and oxygen atoms in total. The molecule has 3 N–H and O–H groups in total. The van der Waals surface area contributed by atoms with Crippen molar-refractivity contribution in [2.24, 2.45) is 11.7 Å². The predicted molar refractivity (Wildman–Crippen MR) is 109 cm³/mol. The van der Waals surface area contributed by atoms with E-state index in [1.165, 1.54) is 4.80 Å². The summed E-state index contributed by atoms with van der Waals surface area (Å²) < 4.78 is 0. The van der Waals surface area contributed by atoms with E-state index >= 15 is 0 Å². The minimum absolute atomic E-state index is 0.0339. The maximum Gasteiger partial charge on any atom is 0.248 e. The van der Waals surface area contributed by atoms with E-state index in [0.717, 1.165) is 12.0 Å². The van der Waals surface area contributed by atoms with Crippen LogP contribution in [0.15, 0.2) is 54.6 Å². The zero-order valence-corrected chi connectivity index (χ0v) is 16.4. The molecule has 1 aromatic heterocycles. The van der Waals surface area contributed by atoms with Gasteiger partial charge >= 0.3 is 0 Å². The number of nitrogens with one attached hydrogen (secondary N) is 1. The van der Waals surface area contributed by atoms with Crippen LogP contribution in [0.1, 0.15) is 42.2 Å². The first-order chi connectivity index (χ1) is 13.9. The van der Waals surface area contributed by atoms with Crippen molar-refractivity contribution >= 4 is 11.8 Å². The van der Waals surface area contributed by atoms with Crippen LogP contribution in [0.3, 0.4) is 0 Å². The minimum atomic E-state index is -0.501. The third-order valence-electron chi connectivity index (χ3n) is 4.41. The molecule has 3 rings (SSSR count). The van der Waals surface area contributed by atoms with E-state index in [1.807, 2.05) is 30.3 Å². The molecule has 0 aliphatic heterocycles. The van der Waals surface area contributed by atoms with Gasteiger partial charge in [0.2, 0.25) is 17.6 Å². The van der Waals surface area contributed by atoms with Crippen molar-refractivity contribution in [3.05, 3.63) is 65.7 Å². The molecule has 0 aliphatic carbocycles. The lowest BCUT2D eigenvalue weighted by molar-refractivity contribution is -0.123. The number of hydrogen-bond donors (Lipinski definition) is 2. The zero-order valence-electron chi connectivity index (χ0n) is 16.4. The second-order valence-electron chi connectivity index (χ2n) is 7.25. The van der Waals surface area contributed by atoms with E-state index in [4.69, 9.17) is 5.73 Å². The fraction of sp³-hybridized carbons (Fsp3) is 0.286. The van der Waals surface area contributed by atoms with Gasteiger partial charge in [-0.25, -0.2) is 0 Å². The van der Waals surface area contributed by atoms with Crippen LogP contribution >= 0.6 is 0 Å². The Morgan fingerprint density at radius 3 is 2.38 bits per heavy atom. The van der Waals surface area contributed by atoms with E-state index < -0.39 is 5.91 Å². The molecule has 2 amide bonds. The Hall–Kier alpha value is -3.55. The summed E-state index contributed by atoms with van der Waals surface area (Å²) in [7, 11) is 0. The number of carbonyl (C=O) groups is 2. The zero-order chi connectivity index (χ0) is 20.8. The second-order valence-corrected chi connectivity index (χ2v) is 7.25. The summed E-state index contributed by atoms with van der Waals surface area (Å²) in [5, 5.41) is 15.3. The summed E-state index contributed by atoms with van der Waals surface area (Å²) in [5.41, 5.74) is 7.39. The summed E-state index contributed by atoms with van der Waals surface area (Å²) in [6.45, 7) is 4.21. The van der Waals surface area contributed by atoms with Gasteiger partial charge in [0.1, 0.15) is 6.54 Å². The highest BCUT2D eigenvalue weighted by atomic mass is 16.2. The first kappa shape index (κ1) is 20.2. The predicted octanol–water partition coefficient (Wildman–Crippen LogP) is 2.34. The van der Waals surface area contributed by atoms with Gasteiger partial charge < -0.3 is 11.1 Å². The molecular weight excluding hydrogens is 368 g/mol. The SMILES string of the molecule is CC(C)C[C@H](NC(=O)Cn1nnc(-c2ccc(C(N)=O)cc2)n1)c1ccccc1. The summed E-state index contributed by atoms with van der Waals surface area (Å²) >= 11 is 0. The molecular formula is C21H24N6O2. The highest BCUT2D eigenvalue weighted by Crippen LogP contribution is 2.21. The third-order valence-corrected chi connectivity index (χ3v) is 4.41. The number of nitrogens with two attached hydrogens (primary N) is 1. The van der Waals surface area contributed by atoms with Crippen LogP contribution in [0.4, 0.5) is 0 Å². The number of rotatable bonds is 8. The Labute approximate surface area is 169 Å². The molecule has 3 aromatic rings. The fourth-order valence-electron chi connectivity index (χ4n) is 3.01. The van der Waals surface area contributed by atoms with Crippen molar-refractivity contribution in [2.45, 2.75) is 32.9 Å². The molecule has 1 heterocycles. The van der Waals surface area contributed by atoms with Crippen LogP contribution in [0, 0.1) is 5.92 Å². The van der Waals surface area contributed by atoms with Crippen molar-refractivity contribution < 1.29 is 9.59 Å². The fourth-order valence-corrected chi connectivity index (χ4v) is 3.01. The van der Waals surface area contributed by atoms with Gasteiger partial charge in [0.05, 0.1) is 6.04 Å². The molecule has 0 fully saturated rings. The first-order valence-corrected chi connectivity index (χ1v) is 9.44. The monoisotopic (exact) mass is 392 g/mol. The number of amides is 2. The lowest BCUT2D eigenvalue weighted by Crippen LogP contribution is -2.33. The van der Waals surface area contributed by atoms with Crippen molar-refractivity contribution in [1.82, 2.24) is 25.5 Å². The number of primary amides is 1. The Morgan fingerprint density at radius 1 is 1.07 bits per heavy atom. The Bertz CT molecular complexity index is 966. The number of benzene rings is 2. The van der Waals surface area contributed by atoms with E-state index in [-0.39, 0.29) is 18.5 Å². The van der Waals surface area contributed by atoms with Gasteiger partial charge in [-0.2, -0.15) is 4.80 Å². The number of nitrogens with zero attached hydrogens (tertiary/aromatic N) is 4. The Balaban J connectivity index is 1.66.